The van der Waals surface area contributed by atoms with Gasteiger partial charge in [-0.15, -0.1) is 5.10 Å². The van der Waals surface area contributed by atoms with E-state index in [-0.39, 0.29) is 17.5 Å². The first-order chi connectivity index (χ1) is 11.4. The third-order valence-corrected chi connectivity index (χ3v) is 3.75. The van der Waals surface area contributed by atoms with Gasteiger partial charge in [-0.2, -0.15) is 0 Å². The van der Waals surface area contributed by atoms with Crippen LogP contribution in [-0.2, 0) is 0 Å². The number of carbonyl (C=O) groups is 1. The lowest BCUT2D eigenvalue weighted by Crippen LogP contribution is -2.12. The molecule has 122 valence electrons. The Morgan fingerprint density at radius 2 is 1.38 bits per heavy atom. The van der Waals surface area contributed by atoms with E-state index in [1.807, 2.05) is 0 Å². The minimum atomic E-state index is -0.487. The molecule has 1 amide bonds. The number of nitrogens with zero attached hydrogens (tertiary/aromatic N) is 2. The van der Waals surface area contributed by atoms with Crippen molar-refractivity contribution in [3.8, 4) is 11.5 Å². The molecule has 0 unspecified atom stereocenters. The van der Waals surface area contributed by atoms with Crippen molar-refractivity contribution in [3.05, 3.63) is 62.1 Å². The third kappa shape index (κ3) is 3.99. The number of hydrogen-bond acceptors (Lipinski definition) is 4. The molecule has 3 rings (SSSR count). The monoisotopic (exact) mass is 401 g/mol. The van der Waals surface area contributed by atoms with Gasteiger partial charge >= 0.3 is 6.01 Å². The van der Waals surface area contributed by atoms with Crippen LogP contribution in [0.25, 0.3) is 11.5 Å². The van der Waals surface area contributed by atoms with Crippen LogP contribution in [0, 0.1) is 0 Å². The maximum absolute atomic E-state index is 12.2. The predicted octanol–water partition coefficient (Wildman–Crippen LogP) is 5.60. The SMILES string of the molecule is O=C(Nc1nnc(-c2cc(Cl)cc(Cl)c2)o1)c1cc(Cl)cc(Cl)c1. The molecule has 24 heavy (non-hydrogen) atoms. The van der Waals surface area contributed by atoms with E-state index >= 15 is 0 Å². The number of hydrogen-bond donors (Lipinski definition) is 1. The van der Waals surface area contributed by atoms with Crippen LogP contribution in [0.5, 0.6) is 0 Å². The molecule has 0 atom stereocenters. The number of nitrogens with one attached hydrogen (secondary N) is 1. The van der Waals surface area contributed by atoms with Crippen LogP contribution in [0.1, 0.15) is 10.4 Å². The van der Waals surface area contributed by atoms with Gasteiger partial charge < -0.3 is 4.42 Å². The zero-order valence-corrected chi connectivity index (χ0v) is 14.7. The summed E-state index contributed by atoms with van der Waals surface area (Å²) in [5.74, 6) is -0.322. The van der Waals surface area contributed by atoms with Crippen LogP contribution >= 0.6 is 46.4 Å². The summed E-state index contributed by atoms with van der Waals surface area (Å²) >= 11 is 23.6. The molecule has 1 aromatic heterocycles. The van der Waals surface area contributed by atoms with Gasteiger partial charge in [0, 0.05) is 31.2 Å². The summed E-state index contributed by atoms with van der Waals surface area (Å²) in [4.78, 5) is 12.2. The van der Waals surface area contributed by atoms with Crippen LogP contribution < -0.4 is 5.32 Å². The number of carbonyl (C=O) groups excluding carboxylic acids is 1. The van der Waals surface area contributed by atoms with E-state index in [1.165, 1.54) is 18.2 Å². The maximum Gasteiger partial charge on any atom is 0.322 e. The number of halogens is 4. The number of benzene rings is 2. The van der Waals surface area contributed by atoms with Crippen LogP contribution in [0.15, 0.2) is 40.8 Å². The first kappa shape index (κ1) is 17.0. The zero-order chi connectivity index (χ0) is 17.3. The molecule has 0 aliphatic carbocycles. The minimum Gasteiger partial charge on any atom is -0.403 e. The van der Waals surface area contributed by atoms with E-state index < -0.39 is 5.91 Å². The molecule has 2 aromatic carbocycles. The first-order valence-electron chi connectivity index (χ1n) is 6.48. The molecule has 0 radical (unpaired) electrons. The largest absolute Gasteiger partial charge is 0.403 e. The molecule has 0 aliphatic rings. The molecule has 9 heteroatoms. The van der Waals surface area contributed by atoms with Crippen molar-refractivity contribution in [2.75, 3.05) is 5.32 Å². The van der Waals surface area contributed by atoms with Crippen molar-refractivity contribution in [1.82, 2.24) is 10.2 Å². The fraction of sp³-hybridized carbons (Fsp3) is 0. The Balaban J connectivity index is 1.82. The fourth-order valence-electron chi connectivity index (χ4n) is 1.92. The Morgan fingerprint density at radius 1 is 0.833 bits per heavy atom. The Morgan fingerprint density at radius 3 is 1.96 bits per heavy atom. The summed E-state index contributed by atoms with van der Waals surface area (Å²) in [5, 5.41) is 11.6. The second kappa shape index (κ2) is 6.99. The number of amides is 1. The molecule has 0 saturated heterocycles. The average Bonchev–Trinajstić information content (AvgIpc) is 2.93. The van der Waals surface area contributed by atoms with E-state index in [0.717, 1.165) is 0 Å². The Hall–Kier alpha value is -1.79. The summed E-state index contributed by atoms with van der Waals surface area (Å²) < 4.78 is 5.39. The van der Waals surface area contributed by atoms with Gasteiger partial charge in [0.05, 0.1) is 0 Å². The van der Waals surface area contributed by atoms with Crippen molar-refractivity contribution in [3.63, 3.8) is 0 Å². The molecule has 0 saturated carbocycles. The predicted molar refractivity (Wildman–Crippen MR) is 94.2 cm³/mol. The normalized spacial score (nSPS) is 10.7. The topological polar surface area (TPSA) is 68.0 Å². The van der Waals surface area contributed by atoms with Crippen molar-refractivity contribution in [2.24, 2.45) is 0 Å². The van der Waals surface area contributed by atoms with Crippen molar-refractivity contribution in [2.45, 2.75) is 0 Å². The zero-order valence-electron chi connectivity index (χ0n) is 11.7. The second-order valence-corrected chi connectivity index (χ2v) is 6.43. The van der Waals surface area contributed by atoms with E-state index in [1.54, 1.807) is 18.2 Å². The second-order valence-electron chi connectivity index (χ2n) is 4.68. The highest BCUT2D eigenvalue weighted by Gasteiger charge is 2.14. The van der Waals surface area contributed by atoms with E-state index in [9.17, 15) is 4.79 Å². The van der Waals surface area contributed by atoms with Crippen molar-refractivity contribution >= 4 is 58.3 Å². The summed E-state index contributed by atoms with van der Waals surface area (Å²) in [6.07, 6.45) is 0. The van der Waals surface area contributed by atoms with Gasteiger partial charge in [-0.3, -0.25) is 10.1 Å². The molecule has 0 aliphatic heterocycles. The van der Waals surface area contributed by atoms with Gasteiger partial charge in [-0.25, -0.2) is 0 Å². The van der Waals surface area contributed by atoms with Gasteiger partial charge in [0.1, 0.15) is 0 Å². The average molecular weight is 403 g/mol. The molecule has 1 N–H and O–H groups in total. The fourth-order valence-corrected chi connectivity index (χ4v) is 2.97. The lowest BCUT2D eigenvalue weighted by atomic mass is 10.2. The number of anilines is 1. The molecule has 0 bridgehead atoms. The lowest BCUT2D eigenvalue weighted by Gasteiger charge is -2.02. The molecule has 0 spiro atoms. The summed E-state index contributed by atoms with van der Waals surface area (Å²) in [5.41, 5.74) is 0.796. The molecular weight excluding hydrogens is 396 g/mol. The summed E-state index contributed by atoms with van der Waals surface area (Å²) in [7, 11) is 0. The highest BCUT2D eigenvalue weighted by Crippen LogP contribution is 2.27. The number of rotatable bonds is 3. The van der Waals surface area contributed by atoms with Gasteiger partial charge in [0.2, 0.25) is 5.89 Å². The van der Waals surface area contributed by atoms with E-state index in [2.05, 4.69) is 15.5 Å². The van der Waals surface area contributed by atoms with Crippen LogP contribution in [0.3, 0.4) is 0 Å². The van der Waals surface area contributed by atoms with Gasteiger partial charge in [-0.1, -0.05) is 51.5 Å². The number of aromatic nitrogens is 2. The smallest absolute Gasteiger partial charge is 0.322 e. The maximum atomic E-state index is 12.2. The van der Waals surface area contributed by atoms with Gasteiger partial charge in [0.15, 0.2) is 0 Å². The molecular formula is C15H7Cl4N3O2. The third-order valence-electron chi connectivity index (χ3n) is 2.88. The Labute approximate surface area is 156 Å². The highest BCUT2D eigenvalue weighted by molar-refractivity contribution is 6.35. The van der Waals surface area contributed by atoms with Gasteiger partial charge in [0.25, 0.3) is 5.91 Å². The van der Waals surface area contributed by atoms with Crippen molar-refractivity contribution < 1.29 is 9.21 Å². The van der Waals surface area contributed by atoms with Crippen LogP contribution in [0.2, 0.25) is 20.1 Å². The lowest BCUT2D eigenvalue weighted by molar-refractivity contribution is 0.102. The molecule has 1 heterocycles. The highest BCUT2D eigenvalue weighted by atomic mass is 35.5. The molecule has 0 fully saturated rings. The van der Waals surface area contributed by atoms with Gasteiger partial charge in [-0.05, 0) is 36.4 Å². The summed E-state index contributed by atoms with van der Waals surface area (Å²) in [6, 6.07) is 9.18. The van der Waals surface area contributed by atoms with Crippen LogP contribution in [-0.4, -0.2) is 16.1 Å². The Kier molecular flexibility index (Phi) is 4.96. The Bertz CT molecular complexity index is 886. The molecule has 3 aromatic rings. The van der Waals surface area contributed by atoms with E-state index in [0.29, 0.717) is 25.7 Å². The van der Waals surface area contributed by atoms with Crippen LogP contribution in [0.4, 0.5) is 6.01 Å². The standard InChI is InChI=1S/C15H7Cl4N3O2/c16-9-1-7(2-10(17)5-9)13(23)20-15-22-21-14(24-15)8-3-11(18)6-12(19)4-8/h1-6H,(H,20,22,23). The quantitative estimate of drug-likeness (QED) is 0.618. The van der Waals surface area contributed by atoms with Crippen molar-refractivity contribution in [1.29, 1.82) is 0 Å². The first-order valence-corrected chi connectivity index (χ1v) is 7.99. The minimum absolute atomic E-state index is 0.0813. The van der Waals surface area contributed by atoms with E-state index in [4.69, 9.17) is 50.8 Å². The summed E-state index contributed by atoms with van der Waals surface area (Å²) in [6.45, 7) is 0. The molecule has 5 nitrogen and oxygen atoms in total.